The molecule has 0 unspecified atom stereocenters. The van der Waals surface area contributed by atoms with Gasteiger partial charge in [-0.05, 0) is 31.6 Å². The van der Waals surface area contributed by atoms with Gasteiger partial charge >= 0.3 is 0 Å². The molecule has 2 rings (SSSR count). The predicted molar refractivity (Wildman–Crippen MR) is 79.6 cm³/mol. The van der Waals surface area contributed by atoms with Crippen molar-refractivity contribution in [2.75, 3.05) is 0 Å². The summed E-state index contributed by atoms with van der Waals surface area (Å²) in [5.74, 6) is 1.39. The van der Waals surface area contributed by atoms with Crippen LogP contribution in [0.3, 0.4) is 0 Å². The molecule has 1 aliphatic heterocycles. The van der Waals surface area contributed by atoms with Gasteiger partial charge < -0.3 is 4.74 Å². The number of hydrogen-bond acceptors (Lipinski definition) is 3. The van der Waals surface area contributed by atoms with Gasteiger partial charge in [-0.3, -0.25) is 0 Å². The average Bonchev–Trinajstić information content (AvgIpc) is 2.46. The highest BCUT2D eigenvalue weighted by Crippen LogP contribution is 2.31. The number of ether oxygens (including phenoxy) is 1. The van der Waals surface area contributed by atoms with E-state index in [1.165, 1.54) is 0 Å². The molecule has 0 saturated carbocycles. The van der Waals surface area contributed by atoms with Crippen LogP contribution in [0.15, 0.2) is 57.7 Å². The first-order valence-electron chi connectivity index (χ1n) is 6.92. The molecule has 0 bridgehead atoms. The van der Waals surface area contributed by atoms with E-state index < -0.39 is 9.84 Å². The fourth-order valence-electron chi connectivity index (χ4n) is 2.19. The van der Waals surface area contributed by atoms with E-state index in [0.29, 0.717) is 22.0 Å². The molecule has 1 aromatic carbocycles. The van der Waals surface area contributed by atoms with E-state index >= 15 is 0 Å². The van der Waals surface area contributed by atoms with Gasteiger partial charge in [0, 0.05) is 12.8 Å². The van der Waals surface area contributed by atoms with E-state index in [1.54, 1.807) is 37.3 Å². The number of sulfone groups is 1. The van der Waals surface area contributed by atoms with E-state index in [2.05, 4.69) is 6.92 Å². The van der Waals surface area contributed by atoms with Crippen LogP contribution >= 0.6 is 0 Å². The highest BCUT2D eigenvalue weighted by Gasteiger charge is 2.26. The summed E-state index contributed by atoms with van der Waals surface area (Å²) in [7, 11) is -3.45. The quantitative estimate of drug-likeness (QED) is 0.817. The molecular weight excluding hydrogens is 272 g/mol. The van der Waals surface area contributed by atoms with Crippen LogP contribution in [0, 0.1) is 0 Å². The topological polar surface area (TPSA) is 43.4 Å². The Morgan fingerprint density at radius 2 is 1.90 bits per heavy atom. The first-order chi connectivity index (χ1) is 9.55. The second-order valence-electron chi connectivity index (χ2n) is 4.88. The van der Waals surface area contributed by atoms with E-state index in [-0.39, 0.29) is 0 Å². The van der Waals surface area contributed by atoms with Crippen molar-refractivity contribution in [3.8, 4) is 0 Å². The largest absolute Gasteiger partial charge is 0.466 e. The van der Waals surface area contributed by atoms with E-state index in [1.807, 2.05) is 6.08 Å². The Balaban J connectivity index is 2.23. The second kappa shape index (κ2) is 6.27. The van der Waals surface area contributed by atoms with Crippen molar-refractivity contribution in [2.45, 2.75) is 44.4 Å². The Hall–Kier alpha value is -1.55. The SMILES string of the molecule is CCCCC1=CCC(S(=O)(=O)c2ccccc2)=C(C)O1. The average molecular weight is 292 g/mol. The van der Waals surface area contributed by atoms with Crippen LogP contribution in [0.5, 0.6) is 0 Å². The maximum absolute atomic E-state index is 12.6. The maximum Gasteiger partial charge on any atom is 0.206 e. The zero-order valence-corrected chi connectivity index (χ0v) is 12.7. The van der Waals surface area contributed by atoms with Gasteiger partial charge in [-0.2, -0.15) is 0 Å². The molecule has 0 atom stereocenters. The molecule has 0 amide bonds. The Morgan fingerprint density at radius 3 is 2.50 bits per heavy atom. The van der Waals surface area contributed by atoms with Crippen LogP contribution in [0.4, 0.5) is 0 Å². The molecule has 108 valence electrons. The third-order valence-electron chi connectivity index (χ3n) is 3.35. The Bertz CT molecular complexity index is 625. The number of benzene rings is 1. The molecule has 1 aliphatic rings. The summed E-state index contributed by atoms with van der Waals surface area (Å²) in [5, 5.41) is 0. The van der Waals surface area contributed by atoms with Crippen molar-refractivity contribution in [2.24, 2.45) is 0 Å². The lowest BCUT2D eigenvalue weighted by Crippen LogP contribution is -2.11. The normalized spacial score (nSPS) is 15.8. The summed E-state index contributed by atoms with van der Waals surface area (Å²) in [6.45, 7) is 3.85. The molecule has 4 heteroatoms. The second-order valence-corrected chi connectivity index (χ2v) is 6.85. The zero-order chi connectivity index (χ0) is 14.6. The van der Waals surface area contributed by atoms with E-state index in [9.17, 15) is 8.42 Å². The van der Waals surface area contributed by atoms with Crippen LogP contribution in [0.1, 0.15) is 39.5 Å². The van der Waals surface area contributed by atoms with E-state index in [0.717, 1.165) is 25.0 Å². The van der Waals surface area contributed by atoms with Gasteiger partial charge in [-0.15, -0.1) is 0 Å². The molecule has 3 nitrogen and oxygen atoms in total. The summed E-state index contributed by atoms with van der Waals surface area (Å²) in [5.41, 5.74) is 0. The summed E-state index contributed by atoms with van der Waals surface area (Å²) in [6.07, 6.45) is 5.33. The third-order valence-corrected chi connectivity index (χ3v) is 5.34. The van der Waals surface area contributed by atoms with Gasteiger partial charge in [0.25, 0.3) is 0 Å². The van der Waals surface area contributed by atoms with Gasteiger partial charge in [0.2, 0.25) is 9.84 Å². The fraction of sp³-hybridized carbons (Fsp3) is 0.375. The molecule has 0 saturated heterocycles. The molecule has 0 spiro atoms. The predicted octanol–water partition coefficient (Wildman–Crippen LogP) is 4.19. The summed E-state index contributed by atoms with van der Waals surface area (Å²) in [6, 6.07) is 8.50. The minimum Gasteiger partial charge on any atom is -0.466 e. The molecule has 0 fully saturated rings. The lowest BCUT2D eigenvalue weighted by atomic mass is 10.2. The van der Waals surface area contributed by atoms with Crippen molar-refractivity contribution in [1.82, 2.24) is 0 Å². The van der Waals surface area contributed by atoms with Gasteiger partial charge in [-0.25, -0.2) is 8.42 Å². The summed E-state index contributed by atoms with van der Waals surface area (Å²) in [4.78, 5) is 0.687. The zero-order valence-electron chi connectivity index (χ0n) is 11.9. The summed E-state index contributed by atoms with van der Waals surface area (Å²) < 4.78 is 30.8. The smallest absolute Gasteiger partial charge is 0.206 e. The van der Waals surface area contributed by atoms with Crippen LogP contribution in [-0.2, 0) is 14.6 Å². The van der Waals surface area contributed by atoms with Crippen LogP contribution in [0.25, 0.3) is 0 Å². The monoisotopic (exact) mass is 292 g/mol. The molecule has 0 N–H and O–H groups in total. The number of hydrogen-bond donors (Lipinski definition) is 0. The highest BCUT2D eigenvalue weighted by atomic mass is 32.2. The summed E-state index contributed by atoms with van der Waals surface area (Å²) >= 11 is 0. The molecule has 1 heterocycles. The van der Waals surface area contributed by atoms with E-state index in [4.69, 9.17) is 4.74 Å². The van der Waals surface area contributed by atoms with Crippen LogP contribution in [-0.4, -0.2) is 8.42 Å². The van der Waals surface area contributed by atoms with Gasteiger partial charge in [-0.1, -0.05) is 31.5 Å². The standard InChI is InChI=1S/C16H20O3S/c1-3-4-8-14-11-12-16(13(2)19-14)20(17,18)15-9-6-5-7-10-15/h5-7,9-11H,3-4,8,12H2,1-2H3. The Kier molecular flexibility index (Phi) is 4.65. The fourth-order valence-corrected chi connectivity index (χ4v) is 3.71. The maximum atomic E-state index is 12.6. The minimum atomic E-state index is -3.45. The van der Waals surface area contributed by atoms with Crippen LogP contribution < -0.4 is 0 Å². The number of unbranched alkanes of at least 4 members (excludes halogenated alkanes) is 1. The molecule has 20 heavy (non-hydrogen) atoms. The van der Waals surface area contributed by atoms with Crippen molar-refractivity contribution < 1.29 is 13.2 Å². The van der Waals surface area contributed by atoms with Gasteiger partial charge in [0.1, 0.15) is 5.76 Å². The first-order valence-corrected chi connectivity index (χ1v) is 8.40. The van der Waals surface area contributed by atoms with Crippen LogP contribution in [0.2, 0.25) is 0 Å². The highest BCUT2D eigenvalue weighted by molar-refractivity contribution is 7.95. The Labute approximate surface area is 120 Å². The van der Waals surface area contributed by atoms with Crippen molar-refractivity contribution >= 4 is 9.84 Å². The van der Waals surface area contributed by atoms with Gasteiger partial charge in [0.15, 0.2) is 0 Å². The lowest BCUT2D eigenvalue weighted by molar-refractivity contribution is 0.278. The van der Waals surface area contributed by atoms with Crippen molar-refractivity contribution in [3.63, 3.8) is 0 Å². The lowest BCUT2D eigenvalue weighted by Gasteiger charge is -2.19. The molecule has 0 aromatic heterocycles. The Morgan fingerprint density at radius 1 is 1.20 bits per heavy atom. The number of rotatable bonds is 5. The molecular formula is C16H20O3S. The molecule has 0 aliphatic carbocycles. The third kappa shape index (κ3) is 3.12. The van der Waals surface area contributed by atoms with Gasteiger partial charge in [0.05, 0.1) is 15.6 Å². The van der Waals surface area contributed by atoms with Crippen molar-refractivity contribution in [1.29, 1.82) is 0 Å². The minimum absolute atomic E-state index is 0.323. The first kappa shape index (κ1) is 14.9. The molecule has 0 radical (unpaired) electrons. The number of allylic oxidation sites excluding steroid dienone is 4. The molecule has 1 aromatic rings. The van der Waals surface area contributed by atoms with Crippen molar-refractivity contribution in [3.05, 3.63) is 52.8 Å².